The van der Waals surface area contributed by atoms with Crippen LogP contribution in [0, 0.1) is 23.4 Å². The maximum Gasteiger partial charge on any atom is 0.255 e. The monoisotopic (exact) mass is 303 g/mol. The van der Waals surface area contributed by atoms with Gasteiger partial charge >= 0.3 is 0 Å². The lowest BCUT2D eigenvalue weighted by Gasteiger charge is -2.17. The van der Waals surface area contributed by atoms with Crippen LogP contribution in [0.25, 0.3) is 0 Å². The number of halogens is 3. The van der Waals surface area contributed by atoms with Gasteiger partial charge in [0.2, 0.25) is 5.82 Å². The first-order valence-corrected chi connectivity index (χ1v) is 6.01. The van der Waals surface area contributed by atoms with Crippen LogP contribution < -0.4 is 11.1 Å². The molecule has 1 aliphatic rings. The van der Waals surface area contributed by atoms with Gasteiger partial charge in [-0.2, -0.15) is 4.39 Å². The van der Waals surface area contributed by atoms with Gasteiger partial charge in [0, 0.05) is 0 Å². The van der Waals surface area contributed by atoms with Crippen molar-refractivity contribution in [2.75, 3.05) is 0 Å². The fourth-order valence-electron chi connectivity index (χ4n) is 1.90. The SMILES string of the molecule is NC(=NO)C(NC(=O)c1cc(F)c(F)c(O)c1F)C1CC1. The van der Waals surface area contributed by atoms with E-state index in [4.69, 9.17) is 16.0 Å². The molecule has 1 atom stereocenters. The summed E-state index contributed by atoms with van der Waals surface area (Å²) in [5, 5.41) is 22.7. The Morgan fingerprint density at radius 1 is 1.38 bits per heavy atom. The van der Waals surface area contributed by atoms with Gasteiger partial charge in [-0.3, -0.25) is 4.79 Å². The van der Waals surface area contributed by atoms with Crippen molar-refractivity contribution in [3.8, 4) is 5.75 Å². The largest absolute Gasteiger partial charge is 0.503 e. The number of nitrogens with two attached hydrogens (primary N) is 1. The van der Waals surface area contributed by atoms with E-state index in [1.165, 1.54) is 0 Å². The number of carbonyl (C=O) groups is 1. The summed E-state index contributed by atoms with van der Waals surface area (Å²) in [6.45, 7) is 0. The first-order chi connectivity index (χ1) is 9.86. The molecule has 2 rings (SSSR count). The van der Waals surface area contributed by atoms with E-state index >= 15 is 0 Å². The molecule has 1 aliphatic carbocycles. The summed E-state index contributed by atoms with van der Waals surface area (Å²) in [5.41, 5.74) is 4.54. The zero-order valence-corrected chi connectivity index (χ0v) is 10.6. The van der Waals surface area contributed by atoms with Crippen molar-refractivity contribution < 1.29 is 28.3 Å². The molecule has 1 aromatic rings. The zero-order chi connectivity index (χ0) is 15.7. The van der Waals surface area contributed by atoms with Gasteiger partial charge in [-0.1, -0.05) is 5.16 Å². The highest BCUT2D eigenvalue weighted by molar-refractivity contribution is 5.99. The molecule has 5 N–H and O–H groups in total. The molecule has 0 aliphatic heterocycles. The summed E-state index contributed by atoms with van der Waals surface area (Å²) < 4.78 is 39.7. The van der Waals surface area contributed by atoms with Crippen molar-refractivity contribution in [2.24, 2.45) is 16.8 Å². The van der Waals surface area contributed by atoms with E-state index in [-0.39, 0.29) is 11.8 Å². The predicted octanol–water partition coefficient (Wildman–Crippen LogP) is 1.06. The lowest BCUT2D eigenvalue weighted by atomic mass is 10.1. The second-order valence-electron chi connectivity index (χ2n) is 4.70. The van der Waals surface area contributed by atoms with E-state index in [1.54, 1.807) is 0 Å². The molecule has 1 aromatic carbocycles. The minimum atomic E-state index is -1.78. The van der Waals surface area contributed by atoms with Crippen LogP contribution in [0.2, 0.25) is 0 Å². The van der Waals surface area contributed by atoms with Crippen LogP contribution in [0.1, 0.15) is 23.2 Å². The number of hydrogen-bond acceptors (Lipinski definition) is 4. The highest BCUT2D eigenvalue weighted by Crippen LogP contribution is 2.33. The number of nitrogens with zero attached hydrogens (tertiary/aromatic N) is 1. The zero-order valence-electron chi connectivity index (χ0n) is 10.6. The van der Waals surface area contributed by atoms with Crippen LogP contribution in [0.5, 0.6) is 5.75 Å². The fourth-order valence-corrected chi connectivity index (χ4v) is 1.90. The molecule has 0 radical (unpaired) electrons. The topological polar surface area (TPSA) is 108 Å². The van der Waals surface area contributed by atoms with Crippen molar-refractivity contribution >= 4 is 11.7 Å². The summed E-state index contributed by atoms with van der Waals surface area (Å²) in [7, 11) is 0. The van der Waals surface area contributed by atoms with Gasteiger partial charge in [0.1, 0.15) is 0 Å². The lowest BCUT2D eigenvalue weighted by molar-refractivity contribution is 0.0937. The summed E-state index contributed by atoms with van der Waals surface area (Å²) >= 11 is 0. The highest BCUT2D eigenvalue weighted by atomic mass is 19.2. The normalized spacial score (nSPS) is 16.6. The predicted molar refractivity (Wildman–Crippen MR) is 65.4 cm³/mol. The van der Waals surface area contributed by atoms with Crippen LogP contribution in [-0.4, -0.2) is 28.1 Å². The maximum atomic E-state index is 13.6. The number of benzene rings is 1. The molecule has 0 aromatic heterocycles. The highest BCUT2D eigenvalue weighted by Gasteiger charge is 2.36. The molecular formula is C12H12F3N3O3. The van der Waals surface area contributed by atoms with Gasteiger partial charge in [0.25, 0.3) is 5.91 Å². The van der Waals surface area contributed by atoms with Crippen LogP contribution in [0.3, 0.4) is 0 Å². The second-order valence-corrected chi connectivity index (χ2v) is 4.70. The molecule has 114 valence electrons. The number of aromatic hydroxyl groups is 1. The van der Waals surface area contributed by atoms with Gasteiger partial charge < -0.3 is 21.4 Å². The first kappa shape index (κ1) is 14.9. The Hall–Kier alpha value is -2.45. The fraction of sp³-hybridized carbons (Fsp3) is 0.333. The third kappa shape index (κ3) is 2.86. The number of amides is 1. The van der Waals surface area contributed by atoms with Gasteiger partial charge in [-0.05, 0) is 24.8 Å². The van der Waals surface area contributed by atoms with Crippen molar-refractivity contribution in [3.63, 3.8) is 0 Å². The molecule has 1 fully saturated rings. The van der Waals surface area contributed by atoms with Crippen LogP contribution >= 0.6 is 0 Å². The summed E-state index contributed by atoms with van der Waals surface area (Å²) in [5.74, 6) is -7.97. The van der Waals surface area contributed by atoms with Crippen LogP contribution in [0.4, 0.5) is 13.2 Å². The van der Waals surface area contributed by atoms with Gasteiger partial charge in [-0.15, -0.1) is 0 Å². The van der Waals surface area contributed by atoms with E-state index in [1.807, 2.05) is 0 Å². The molecule has 6 nitrogen and oxygen atoms in total. The quantitative estimate of drug-likeness (QED) is 0.219. The Balaban J connectivity index is 2.28. The molecule has 1 amide bonds. The molecule has 0 heterocycles. The third-order valence-corrected chi connectivity index (χ3v) is 3.19. The summed E-state index contributed by atoms with van der Waals surface area (Å²) in [6.07, 6.45) is 1.43. The molecule has 1 unspecified atom stereocenters. The summed E-state index contributed by atoms with van der Waals surface area (Å²) in [4.78, 5) is 11.9. The Labute approximate surface area is 117 Å². The molecule has 1 saturated carbocycles. The number of phenols is 1. The number of hydrogen-bond donors (Lipinski definition) is 4. The molecule has 0 bridgehead atoms. The number of oxime groups is 1. The van der Waals surface area contributed by atoms with Crippen molar-refractivity contribution in [2.45, 2.75) is 18.9 Å². The van der Waals surface area contributed by atoms with E-state index in [0.717, 1.165) is 0 Å². The number of carbonyl (C=O) groups excluding carboxylic acids is 1. The van der Waals surface area contributed by atoms with Gasteiger partial charge in [-0.25, -0.2) is 8.78 Å². The van der Waals surface area contributed by atoms with Crippen molar-refractivity contribution in [1.82, 2.24) is 5.32 Å². The van der Waals surface area contributed by atoms with E-state index in [2.05, 4.69) is 10.5 Å². The van der Waals surface area contributed by atoms with Gasteiger partial charge in [0.15, 0.2) is 23.2 Å². The van der Waals surface area contributed by atoms with Crippen LogP contribution in [0.15, 0.2) is 11.2 Å². The van der Waals surface area contributed by atoms with Gasteiger partial charge in [0.05, 0.1) is 11.6 Å². The van der Waals surface area contributed by atoms with Crippen molar-refractivity contribution in [1.29, 1.82) is 0 Å². The number of phenolic OH excluding ortho intramolecular Hbond substituents is 1. The number of nitrogens with one attached hydrogen (secondary N) is 1. The average Bonchev–Trinajstić information content (AvgIpc) is 3.29. The van der Waals surface area contributed by atoms with E-state index < -0.39 is 40.7 Å². The Kier molecular flexibility index (Phi) is 3.92. The summed E-state index contributed by atoms with van der Waals surface area (Å²) in [6, 6.07) is -0.521. The third-order valence-electron chi connectivity index (χ3n) is 3.19. The van der Waals surface area contributed by atoms with E-state index in [9.17, 15) is 18.0 Å². The molecule has 0 saturated heterocycles. The first-order valence-electron chi connectivity index (χ1n) is 6.01. The van der Waals surface area contributed by atoms with Crippen molar-refractivity contribution in [3.05, 3.63) is 29.1 Å². The average molecular weight is 303 g/mol. The van der Waals surface area contributed by atoms with E-state index in [0.29, 0.717) is 18.9 Å². The Morgan fingerprint density at radius 2 is 2.00 bits per heavy atom. The smallest absolute Gasteiger partial charge is 0.255 e. The molecule has 0 spiro atoms. The molecule has 9 heteroatoms. The minimum Gasteiger partial charge on any atom is -0.503 e. The lowest BCUT2D eigenvalue weighted by Crippen LogP contribution is -2.46. The standard InChI is InChI=1S/C12H12F3N3O3/c13-6-3-5(7(14)10(19)8(6)15)12(20)17-9(4-1-2-4)11(16)18-21/h3-4,9,19,21H,1-2H2,(H2,16,18)(H,17,20). The second kappa shape index (κ2) is 5.51. The Morgan fingerprint density at radius 3 is 2.52 bits per heavy atom. The Bertz CT molecular complexity index is 618. The van der Waals surface area contributed by atoms with Crippen LogP contribution in [-0.2, 0) is 0 Å². The minimum absolute atomic E-state index is 0.0770. The number of amidine groups is 1. The molecular weight excluding hydrogens is 291 g/mol. The molecule has 21 heavy (non-hydrogen) atoms. The number of rotatable bonds is 4. The maximum absolute atomic E-state index is 13.6.